The van der Waals surface area contributed by atoms with E-state index < -0.39 is 21.1 Å². The molecule has 1 rings (SSSR count). The molecule has 0 unspecified atom stereocenters. The lowest BCUT2D eigenvalue weighted by molar-refractivity contribution is 0.0692. The SMILES string of the molecule is CCOc1ccc(S(=O)(=O)F)cc1C(=O)O. The number of ether oxygens (including phenoxy) is 1. The van der Waals surface area contributed by atoms with Gasteiger partial charge >= 0.3 is 16.2 Å². The Morgan fingerprint density at radius 3 is 2.56 bits per heavy atom. The van der Waals surface area contributed by atoms with Gasteiger partial charge in [0.2, 0.25) is 0 Å². The van der Waals surface area contributed by atoms with Crippen molar-refractivity contribution in [3.8, 4) is 5.75 Å². The summed E-state index contributed by atoms with van der Waals surface area (Å²) < 4.78 is 38.7. The highest BCUT2D eigenvalue weighted by atomic mass is 32.3. The Kier molecular flexibility index (Phi) is 3.48. The fourth-order valence-corrected chi connectivity index (χ4v) is 1.60. The molecule has 88 valence electrons. The van der Waals surface area contributed by atoms with Crippen LogP contribution < -0.4 is 4.74 Å². The zero-order valence-electron chi connectivity index (χ0n) is 8.31. The first-order valence-corrected chi connectivity index (χ1v) is 5.69. The van der Waals surface area contributed by atoms with Crippen molar-refractivity contribution in [1.29, 1.82) is 0 Å². The topological polar surface area (TPSA) is 80.7 Å². The van der Waals surface area contributed by atoms with Crippen LogP contribution in [-0.4, -0.2) is 26.1 Å². The van der Waals surface area contributed by atoms with Crippen LogP contribution in [0, 0.1) is 0 Å². The van der Waals surface area contributed by atoms with Gasteiger partial charge < -0.3 is 9.84 Å². The predicted octanol–water partition coefficient (Wildman–Crippen LogP) is 1.44. The van der Waals surface area contributed by atoms with E-state index in [1.165, 1.54) is 0 Å². The van der Waals surface area contributed by atoms with Crippen molar-refractivity contribution in [2.75, 3.05) is 6.61 Å². The first-order valence-electron chi connectivity index (χ1n) is 4.31. The summed E-state index contributed by atoms with van der Waals surface area (Å²) in [6.45, 7) is 1.87. The lowest BCUT2D eigenvalue weighted by atomic mass is 10.2. The van der Waals surface area contributed by atoms with Crippen molar-refractivity contribution in [2.24, 2.45) is 0 Å². The van der Waals surface area contributed by atoms with Gasteiger partial charge in [0.25, 0.3) is 0 Å². The molecule has 0 amide bonds. The summed E-state index contributed by atoms with van der Waals surface area (Å²) in [7, 11) is -4.91. The lowest BCUT2D eigenvalue weighted by Gasteiger charge is -2.07. The monoisotopic (exact) mass is 248 g/mol. The van der Waals surface area contributed by atoms with Crippen molar-refractivity contribution in [3.05, 3.63) is 23.8 Å². The molecule has 1 aromatic carbocycles. The summed E-state index contributed by atoms with van der Waals surface area (Å²) in [6.07, 6.45) is 0. The summed E-state index contributed by atoms with van der Waals surface area (Å²) in [5, 5.41) is 8.79. The van der Waals surface area contributed by atoms with E-state index in [9.17, 15) is 17.1 Å². The van der Waals surface area contributed by atoms with Gasteiger partial charge in [-0.1, -0.05) is 0 Å². The van der Waals surface area contributed by atoms with Gasteiger partial charge in [0.15, 0.2) is 0 Å². The van der Waals surface area contributed by atoms with E-state index in [-0.39, 0.29) is 17.9 Å². The third kappa shape index (κ3) is 2.69. The molecule has 0 heterocycles. The minimum Gasteiger partial charge on any atom is -0.493 e. The largest absolute Gasteiger partial charge is 0.493 e. The minimum absolute atomic E-state index is 0.00222. The molecule has 0 radical (unpaired) electrons. The zero-order chi connectivity index (χ0) is 12.3. The van der Waals surface area contributed by atoms with Crippen LogP contribution in [-0.2, 0) is 10.2 Å². The number of rotatable bonds is 4. The van der Waals surface area contributed by atoms with Crippen molar-refractivity contribution in [3.63, 3.8) is 0 Å². The molecule has 0 aliphatic carbocycles. The number of carbonyl (C=O) groups is 1. The lowest BCUT2D eigenvalue weighted by Crippen LogP contribution is -2.04. The maximum atomic E-state index is 12.6. The molecular weight excluding hydrogens is 239 g/mol. The second kappa shape index (κ2) is 4.48. The number of aromatic carboxylic acids is 1. The zero-order valence-corrected chi connectivity index (χ0v) is 9.12. The molecule has 0 bridgehead atoms. The number of hydrogen-bond donors (Lipinski definition) is 1. The summed E-state index contributed by atoms with van der Waals surface area (Å²) >= 11 is 0. The van der Waals surface area contributed by atoms with Gasteiger partial charge in [-0.2, -0.15) is 8.42 Å². The summed E-state index contributed by atoms with van der Waals surface area (Å²) in [4.78, 5) is 10.1. The molecule has 0 atom stereocenters. The van der Waals surface area contributed by atoms with Crippen LogP contribution in [0.25, 0.3) is 0 Å². The molecule has 7 heteroatoms. The van der Waals surface area contributed by atoms with E-state index in [0.29, 0.717) is 0 Å². The van der Waals surface area contributed by atoms with Crippen LogP contribution in [0.4, 0.5) is 3.89 Å². The van der Waals surface area contributed by atoms with Crippen molar-refractivity contribution >= 4 is 16.2 Å². The Morgan fingerprint density at radius 1 is 1.50 bits per heavy atom. The Bertz CT molecular complexity index is 509. The number of carboxylic acids is 1. The molecule has 0 saturated carbocycles. The standard InChI is InChI=1S/C9H9FO5S/c1-2-15-8-4-3-6(16(10,13)14)5-7(8)9(11)12/h3-5H,2H2,1H3,(H,11,12). The average Bonchev–Trinajstić information content (AvgIpc) is 2.16. The Labute approximate surface area is 91.7 Å². The third-order valence-corrected chi connectivity index (χ3v) is 2.58. The van der Waals surface area contributed by atoms with Crippen LogP contribution in [0.15, 0.2) is 23.1 Å². The molecular formula is C9H9FO5S. The number of carboxylic acid groups (broad SMARTS) is 1. The van der Waals surface area contributed by atoms with Gasteiger partial charge in [-0.25, -0.2) is 4.79 Å². The fraction of sp³-hybridized carbons (Fsp3) is 0.222. The van der Waals surface area contributed by atoms with Crippen molar-refractivity contribution in [1.82, 2.24) is 0 Å². The highest BCUT2D eigenvalue weighted by Crippen LogP contribution is 2.23. The van der Waals surface area contributed by atoms with Gasteiger partial charge in [0.05, 0.1) is 11.5 Å². The normalized spacial score (nSPS) is 11.1. The quantitative estimate of drug-likeness (QED) is 0.815. The molecule has 0 aliphatic rings. The van der Waals surface area contributed by atoms with Crippen LogP contribution in [0.3, 0.4) is 0 Å². The van der Waals surface area contributed by atoms with E-state index in [0.717, 1.165) is 18.2 Å². The van der Waals surface area contributed by atoms with Gasteiger partial charge in [-0.15, -0.1) is 3.89 Å². The average molecular weight is 248 g/mol. The Balaban J connectivity index is 3.34. The Morgan fingerprint density at radius 2 is 2.12 bits per heavy atom. The van der Waals surface area contributed by atoms with Gasteiger partial charge in [-0.3, -0.25) is 0 Å². The molecule has 16 heavy (non-hydrogen) atoms. The highest BCUT2D eigenvalue weighted by Gasteiger charge is 2.18. The second-order valence-corrected chi connectivity index (χ2v) is 4.18. The van der Waals surface area contributed by atoms with E-state index in [4.69, 9.17) is 9.84 Å². The molecule has 0 fully saturated rings. The smallest absolute Gasteiger partial charge is 0.339 e. The van der Waals surface area contributed by atoms with E-state index >= 15 is 0 Å². The first-order chi connectivity index (χ1) is 7.36. The van der Waals surface area contributed by atoms with E-state index in [2.05, 4.69) is 0 Å². The van der Waals surface area contributed by atoms with Crippen molar-refractivity contribution in [2.45, 2.75) is 11.8 Å². The van der Waals surface area contributed by atoms with Gasteiger partial charge in [0.1, 0.15) is 11.3 Å². The van der Waals surface area contributed by atoms with Crippen LogP contribution in [0.1, 0.15) is 17.3 Å². The minimum atomic E-state index is -4.91. The third-order valence-electron chi connectivity index (χ3n) is 1.76. The second-order valence-electron chi connectivity index (χ2n) is 2.83. The molecule has 5 nitrogen and oxygen atoms in total. The molecule has 1 N–H and O–H groups in total. The van der Waals surface area contributed by atoms with Crippen molar-refractivity contribution < 1.29 is 26.9 Å². The summed E-state index contributed by atoms with van der Waals surface area (Å²) in [5.41, 5.74) is -0.388. The van der Waals surface area contributed by atoms with Crippen LogP contribution in [0.2, 0.25) is 0 Å². The van der Waals surface area contributed by atoms with Gasteiger partial charge in [-0.05, 0) is 25.1 Å². The number of hydrogen-bond acceptors (Lipinski definition) is 4. The van der Waals surface area contributed by atoms with E-state index in [1.807, 2.05) is 0 Å². The van der Waals surface area contributed by atoms with E-state index in [1.54, 1.807) is 6.92 Å². The summed E-state index contributed by atoms with van der Waals surface area (Å²) in [5.74, 6) is -1.38. The summed E-state index contributed by atoms with van der Waals surface area (Å²) in [6, 6.07) is 2.79. The molecule has 0 spiro atoms. The number of benzene rings is 1. The van der Waals surface area contributed by atoms with Crippen LogP contribution in [0.5, 0.6) is 5.75 Å². The molecule has 0 aromatic heterocycles. The fourth-order valence-electron chi connectivity index (χ4n) is 1.11. The predicted molar refractivity (Wildman–Crippen MR) is 52.9 cm³/mol. The number of halogens is 1. The highest BCUT2D eigenvalue weighted by molar-refractivity contribution is 7.86. The van der Waals surface area contributed by atoms with Gasteiger partial charge in [0, 0.05) is 0 Å². The Hall–Kier alpha value is -1.63. The maximum absolute atomic E-state index is 12.6. The van der Waals surface area contributed by atoms with Crippen LogP contribution >= 0.6 is 0 Å². The molecule has 0 saturated heterocycles. The molecule has 0 aliphatic heterocycles. The maximum Gasteiger partial charge on any atom is 0.339 e. The molecule has 1 aromatic rings. The first kappa shape index (κ1) is 12.4.